The average molecular weight is 347 g/mol. The summed E-state index contributed by atoms with van der Waals surface area (Å²) in [5.41, 5.74) is 1.67. The van der Waals surface area contributed by atoms with Crippen LogP contribution in [-0.2, 0) is 25.6 Å². The minimum Gasteiger partial charge on any atom is -0.326 e. The normalized spacial score (nSPS) is 9.60. The number of amides is 1. The van der Waals surface area contributed by atoms with Gasteiger partial charge in [-0.05, 0) is 44.4 Å². The molecule has 1 aromatic carbocycles. The van der Waals surface area contributed by atoms with E-state index in [-0.39, 0.29) is 29.7 Å². The van der Waals surface area contributed by atoms with E-state index in [9.17, 15) is 19.2 Å². The Hall–Kier alpha value is -2.30. The Kier molecular flexibility index (Phi) is 11.8. The van der Waals surface area contributed by atoms with E-state index in [1.165, 1.54) is 13.8 Å². The Bertz CT molecular complexity index is 576. The van der Waals surface area contributed by atoms with Crippen molar-refractivity contribution < 1.29 is 19.2 Å². The standard InChI is InChI=1S/C18H23NO4.C2H6/c1-13(20)4-3-5-18(23)19-16-9-6-15(7-10-16)8-11-17(22)12-14(2)21;1-2/h6-7,9-10H,3-5,8,11-12H2,1-2H3,(H,19,23);1-2H3. The van der Waals surface area contributed by atoms with E-state index in [1.54, 1.807) is 12.1 Å². The monoisotopic (exact) mass is 347 g/mol. The van der Waals surface area contributed by atoms with Crippen molar-refractivity contribution in [3.8, 4) is 0 Å². The molecule has 1 aromatic rings. The number of aryl methyl sites for hydroxylation is 1. The van der Waals surface area contributed by atoms with Gasteiger partial charge >= 0.3 is 0 Å². The third kappa shape index (κ3) is 11.8. The molecular formula is C20H29NO4. The number of Topliss-reactive ketones (excluding diaryl/α,β-unsaturated/α-hetero) is 3. The molecule has 0 aliphatic carbocycles. The molecule has 0 atom stereocenters. The third-order valence-corrected chi connectivity index (χ3v) is 3.31. The highest BCUT2D eigenvalue weighted by Crippen LogP contribution is 2.12. The molecule has 1 rings (SSSR count). The zero-order valence-electron chi connectivity index (χ0n) is 15.7. The topological polar surface area (TPSA) is 80.3 Å². The second-order valence-electron chi connectivity index (χ2n) is 5.72. The van der Waals surface area contributed by atoms with Crippen LogP contribution < -0.4 is 5.32 Å². The van der Waals surface area contributed by atoms with Gasteiger partial charge in [0.1, 0.15) is 17.3 Å². The van der Waals surface area contributed by atoms with Gasteiger partial charge in [-0.15, -0.1) is 0 Å². The maximum atomic E-state index is 11.7. The number of ketones is 3. The summed E-state index contributed by atoms with van der Waals surface area (Å²) in [6.45, 7) is 6.92. The highest BCUT2D eigenvalue weighted by atomic mass is 16.2. The van der Waals surface area contributed by atoms with Crippen molar-refractivity contribution >= 4 is 28.9 Å². The number of anilines is 1. The molecule has 0 unspecified atom stereocenters. The first kappa shape index (κ1) is 22.7. The van der Waals surface area contributed by atoms with Crippen molar-refractivity contribution in [1.82, 2.24) is 0 Å². The SMILES string of the molecule is CC.CC(=O)CCCC(=O)Nc1ccc(CCC(=O)CC(C)=O)cc1. The molecule has 0 aromatic heterocycles. The van der Waals surface area contributed by atoms with Gasteiger partial charge in [0, 0.05) is 24.9 Å². The molecule has 1 amide bonds. The summed E-state index contributed by atoms with van der Waals surface area (Å²) in [7, 11) is 0. The van der Waals surface area contributed by atoms with Crippen LogP contribution in [0.4, 0.5) is 5.69 Å². The Morgan fingerprint density at radius 1 is 0.840 bits per heavy atom. The van der Waals surface area contributed by atoms with Gasteiger partial charge in [-0.25, -0.2) is 0 Å². The highest BCUT2D eigenvalue weighted by molar-refractivity contribution is 5.98. The van der Waals surface area contributed by atoms with Crippen molar-refractivity contribution in [2.45, 2.75) is 66.2 Å². The first-order valence-electron chi connectivity index (χ1n) is 8.76. The van der Waals surface area contributed by atoms with Crippen LogP contribution in [0.5, 0.6) is 0 Å². The molecule has 25 heavy (non-hydrogen) atoms. The number of benzene rings is 1. The van der Waals surface area contributed by atoms with Gasteiger partial charge in [0.25, 0.3) is 0 Å². The summed E-state index contributed by atoms with van der Waals surface area (Å²) in [4.78, 5) is 44.8. The molecule has 0 heterocycles. The minimum absolute atomic E-state index is 0.00555. The molecule has 0 spiro atoms. The fourth-order valence-corrected chi connectivity index (χ4v) is 2.13. The van der Waals surface area contributed by atoms with Gasteiger partial charge in [0.15, 0.2) is 0 Å². The van der Waals surface area contributed by atoms with Gasteiger partial charge in [-0.3, -0.25) is 14.4 Å². The molecule has 0 fully saturated rings. The number of nitrogens with one attached hydrogen (secondary N) is 1. The Morgan fingerprint density at radius 2 is 1.44 bits per heavy atom. The lowest BCUT2D eigenvalue weighted by Crippen LogP contribution is -2.11. The maximum absolute atomic E-state index is 11.7. The minimum atomic E-state index is -0.115. The van der Waals surface area contributed by atoms with Crippen molar-refractivity contribution in [3.63, 3.8) is 0 Å². The molecule has 1 N–H and O–H groups in total. The van der Waals surface area contributed by atoms with E-state index < -0.39 is 0 Å². The van der Waals surface area contributed by atoms with E-state index in [2.05, 4.69) is 5.32 Å². The van der Waals surface area contributed by atoms with Gasteiger partial charge < -0.3 is 10.1 Å². The highest BCUT2D eigenvalue weighted by Gasteiger charge is 2.07. The summed E-state index contributed by atoms with van der Waals surface area (Å²) in [6, 6.07) is 7.28. The lowest BCUT2D eigenvalue weighted by atomic mass is 10.0. The quantitative estimate of drug-likeness (QED) is 0.651. The number of carbonyl (C=O) groups excluding carboxylic acids is 4. The van der Waals surface area contributed by atoms with Crippen LogP contribution in [0.2, 0.25) is 0 Å². The Labute approximate surface area is 150 Å². The van der Waals surface area contributed by atoms with E-state index in [0.29, 0.717) is 37.8 Å². The number of carbonyl (C=O) groups is 4. The summed E-state index contributed by atoms with van der Waals surface area (Å²) < 4.78 is 0. The molecule has 0 bridgehead atoms. The smallest absolute Gasteiger partial charge is 0.224 e. The first-order valence-corrected chi connectivity index (χ1v) is 8.76. The summed E-state index contributed by atoms with van der Waals surface area (Å²) in [5, 5.41) is 2.77. The van der Waals surface area contributed by atoms with E-state index in [0.717, 1.165) is 5.56 Å². The molecule has 0 aliphatic heterocycles. The van der Waals surface area contributed by atoms with Gasteiger partial charge in [-0.2, -0.15) is 0 Å². The third-order valence-electron chi connectivity index (χ3n) is 3.31. The molecule has 0 radical (unpaired) electrons. The predicted molar refractivity (Wildman–Crippen MR) is 99.6 cm³/mol. The van der Waals surface area contributed by atoms with E-state index in [4.69, 9.17) is 0 Å². The van der Waals surface area contributed by atoms with Crippen molar-refractivity contribution in [3.05, 3.63) is 29.8 Å². The Morgan fingerprint density at radius 3 is 1.96 bits per heavy atom. The van der Waals surface area contributed by atoms with Gasteiger partial charge in [0.2, 0.25) is 5.91 Å². The second kappa shape index (κ2) is 13.0. The molecule has 138 valence electrons. The van der Waals surface area contributed by atoms with Crippen molar-refractivity contribution in [1.29, 1.82) is 0 Å². The summed E-state index contributed by atoms with van der Waals surface area (Å²) >= 11 is 0. The summed E-state index contributed by atoms with van der Waals surface area (Å²) in [6.07, 6.45) is 2.21. The van der Waals surface area contributed by atoms with E-state index in [1.807, 2.05) is 26.0 Å². The maximum Gasteiger partial charge on any atom is 0.224 e. The number of hydrogen-bond donors (Lipinski definition) is 1. The molecule has 5 nitrogen and oxygen atoms in total. The Balaban J connectivity index is 0.00000277. The van der Waals surface area contributed by atoms with Crippen LogP contribution in [0.15, 0.2) is 24.3 Å². The lowest BCUT2D eigenvalue weighted by Gasteiger charge is -2.06. The zero-order chi connectivity index (χ0) is 19.2. The largest absolute Gasteiger partial charge is 0.326 e. The number of hydrogen-bond acceptors (Lipinski definition) is 4. The van der Waals surface area contributed by atoms with Crippen LogP contribution in [0.1, 0.15) is 65.4 Å². The molecule has 0 saturated carbocycles. The zero-order valence-corrected chi connectivity index (χ0v) is 15.7. The second-order valence-corrected chi connectivity index (χ2v) is 5.72. The summed E-state index contributed by atoms with van der Waals surface area (Å²) in [5.74, 6) is -0.199. The van der Waals surface area contributed by atoms with Crippen LogP contribution in [-0.4, -0.2) is 23.3 Å². The van der Waals surface area contributed by atoms with Crippen LogP contribution in [0, 0.1) is 0 Å². The molecular weight excluding hydrogens is 318 g/mol. The molecule has 0 saturated heterocycles. The molecule has 5 heteroatoms. The lowest BCUT2D eigenvalue weighted by molar-refractivity contribution is -0.126. The average Bonchev–Trinajstić information content (AvgIpc) is 2.55. The van der Waals surface area contributed by atoms with Gasteiger partial charge in [-0.1, -0.05) is 26.0 Å². The van der Waals surface area contributed by atoms with Crippen molar-refractivity contribution in [2.24, 2.45) is 0 Å². The van der Waals surface area contributed by atoms with Crippen molar-refractivity contribution in [2.75, 3.05) is 5.32 Å². The van der Waals surface area contributed by atoms with Crippen LogP contribution in [0.25, 0.3) is 0 Å². The van der Waals surface area contributed by atoms with Crippen LogP contribution >= 0.6 is 0 Å². The van der Waals surface area contributed by atoms with Gasteiger partial charge in [0.05, 0.1) is 6.42 Å². The molecule has 0 aliphatic rings. The predicted octanol–water partition coefficient (Wildman–Crippen LogP) is 3.89. The van der Waals surface area contributed by atoms with E-state index >= 15 is 0 Å². The first-order chi connectivity index (χ1) is 11.9. The number of rotatable bonds is 10. The van der Waals surface area contributed by atoms with Crippen LogP contribution in [0.3, 0.4) is 0 Å². The fourth-order valence-electron chi connectivity index (χ4n) is 2.13. The fraction of sp³-hybridized carbons (Fsp3) is 0.500.